The lowest BCUT2D eigenvalue weighted by molar-refractivity contribution is 0.170. The van der Waals surface area contributed by atoms with Gasteiger partial charge >= 0.3 is 0 Å². The number of rotatable bonds is 10. The Morgan fingerprint density at radius 3 is 2.19 bits per heavy atom. The Kier molecular flexibility index (Phi) is 8.19. The van der Waals surface area contributed by atoms with Crippen molar-refractivity contribution in [2.45, 2.75) is 55.1 Å². The smallest absolute Gasteiger partial charge is 0.240 e. The van der Waals surface area contributed by atoms with Crippen molar-refractivity contribution in [2.75, 3.05) is 19.4 Å². The molecule has 37 heavy (non-hydrogen) atoms. The number of nitrogens with one attached hydrogen (secondary N) is 1. The zero-order valence-electron chi connectivity index (χ0n) is 20.2. The van der Waals surface area contributed by atoms with E-state index in [9.17, 15) is 30.0 Å². The lowest BCUT2D eigenvalue weighted by Crippen LogP contribution is -2.51. The van der Waals surface area contributed by atoms with Gasteiger partial charge in [0.05, 0.1) is 17.8 Å². The first-order valence-corrected chi connectivity index (χ1v) is 15.0. The molecule has 2 bridgehead atoms. The number of methoxy groups -OCH3 is 1. The van der Waals surface area contributed by atoms with Crippen LogP contribution in [0.3, 0.4) is 0 Å². The zero-order chi connectivity index (χ0) is 27.0. The molecule has 2 aromatic rings. The molecule has 2 aliphatic heterocycles. The van der Waals surface area contributed by atoms with Gasteiger partial charge in [-0.25, -0.2) is 34.7 Å². The quantitative estimate of drug-likeness (QED) is 0.431. The average Bonchev–Trinajstić information content (AvgIpc) is 3.13. The minimum atomic E-state index is -3.89. The molecule has 0 aliphatic carbocycles. The van der Waals surface area contributed by atoms with Gasteiger partial charge in [-0.05, 0) is 73.9 Å². The van der Waals surface area contributed by atoms with Crippen LogP contribution in [0.25, 0.3) is 0 Å². The van der Waals surface area contributed by atoms with E-state index in [-0.39, 0.29) is 41.4 Å². The molecule has 2 heterocycles. The van der Waals surface area contributed by atoms with Crippen molar-refractivity contribution in [3.8, 4) is 5.75 Å². The van der Waals surface area contributed by atoms with E-state index in [1.807, 2.05) is 0 Å². The van der Waals surface area contributed by atoms with E-state index in [1.165, 1.54) is 35.7 Å². The minimum Gasteiger partial charge on any atom is -0.497 e. The summed E-state index contributed by atoms with van der Waals surface area (Å²) in [6, 6.07) is 5.90. The Bertz CT molecular complexity index is 1330. The fraction of sp³-hybridized carbons (Fsp3) is 0.500. The maximum Gasteiger partial charge on any atom is 0.240 e. The van der Waals surface area contributed by atoms with Crippen molar-refractivity contribution in [1.82, 2.24) is 9.03 Å². The summed E-state index contributed by atoms with van der Waals surface area (Å²) in [6.45, 7) is -0.287. The molecular weight excluding hydrogens is 531 g/mol. The summed E-state index contributed by atoms with van der Waals surface area (Å²) in [4.78, 5) is -0.00181. The van der Waals surface area contributed by atoms with Crippen LogP contribution < -0.4 is 15.2 Å². The van der Waals surface area contributed by atoms with Crippen molar-refractivity contribution in [1.29, 1.82) is 0 Å². The van der Waals surface area contributed by atoms with Crippen LogP contribution in [0.4, 0.5) is 13.2 Å². The molecule has 0 spiro atoms. The van der Waals surface area contributed by atoms with Crippen molar-refractivity contribution in [2.24, 2.45) is 11.7 Å². The fourth-order valence-electron chi connectivity index (χ4n) is 5.37. The Morgan fingerprint density at radius 1 is 1.00 bits per heavy atom. The molecule has 3 N–H and O–H groups in total. The van der Waals surface area contributed by atoms with Gasteiger partial charge in [-0.3, -0.25) is 0 Å². The third-order valence-electron chi connectivity index (χ3n) is 7.20. The van der Waals surface area contributed by atoms with Gasteiger partial charge in [-0.15, -0.1) is 0 Å². The number of halogens is 3. The maximum atomic E-state index is 14.1. The van der Waals surface area contributed by atoms with Crippen LogP contribution >= 0.6 is 0 Å². The van der Waals surface area contributed by atoms with Crippen LogP contribution in [-0.2, 0) is 26.5 Å². The monoisotopic (exact) mass is 561 g/mol. The van der Waals surface area contributed by atoms with E-state index in [0.717, 1.165) is 6.07 Å². The highest BCUT2D eigenvalue weighted by atomic mass is 32.2. The van der Waals surface area contributed by atoms with Crippen LogP contribution in [0, 0.1) is 23.4 Å². The number of sulfonamides is 2. The van der Waals surface area contributed by atoms with Crippen LogP contribution in [0.1, 0.15) is 31.2 Å². The maximum absolute atomic E-state index is 14.1. The molecule has 2 aromatic carbocycles. The SMILES string of the molecule is COc1ccc(S(=O)(=O)NCCS(=O)(=O)N2[C@@H]3CC[C@@H]2CC([C@H](N)Cc2cc(F)c(F)cc2F)C3)cc1. The van der Waals surface area contributed by atoms with Gasteiger partial charge in [0.25, 0.3) is 0 Å². The number of benzene rings is 2. The first kappa shape index (κ1) is 27.8. The normalized spacial score (nSPS) is 23.2. The lowest BCUT2D eigenvalue weighted by atomic mass is 9.83. The number of hydrogen-bond acceptors (Lipinski definition) is 6. The van der Waals surface area contributed by atoms with Crippen molar-refractivity contribution in [3.05, 3.63) is 59.4 Å². The Balaban J connectivity index is 1.36. The first-order valence-electron chi connectivity index (χ1n) is 11.9. The predicted molar refractivity (Wildman–Crippen MR) is 131 cm³/mol. The number of piperidine rings is 1. The fourth-order valence-corrected chi connectivity index (χ4v) is 8.39. The second kappa shape index (κ2) is 10.9. The highest BCUT2D eigenvalue weighted by Gasteiger charge is 2.47. The molecule has 0 aromatic heterocycles. The van der Waals surface area contributed by atoms with Gasteiger partial charge in [0.15, 0.2) is 11.6 Å². The van der Waals surface area contributed by atoms with E-state index in [0.29, 0.717) is 37.5 Å². The highest BCUT2D eigenvalue weighted by Crippen LogP contribution is 2.42. The molecule has 2 aliphatic rings. The molecule has 4 rings (SSSR count). The van der Waals surface area contributed by atoms with Gasteiger partial charge < -0.3 is 10.5 Å². The third kappa shape index (κ3) is 6.11. The predicted octanol–water partition coefficient (Wildman–Crippen LogP) is 2.53. The van der Waals surface area contributed by atoms with Crippen LogP contribution in [0.2, 0.25) is 0 Å². The largest absolute Gasteiger partial charge is 0.497 e. The van der Waals surface area contributed by atoms with E-state index in [4.69, 9.17) is 10.5 Å². The lowest BCUT2D eigenvalue weighted by Gasteiger charge is -2.40. The topological polar surface area (TPSA) is 119 Å². The second-order valence-corrected chi connectivity index (χ2v) is 13.3. The molecule has 0 amide bonds. The summed E-state index contributed by atoms with van der Waals surface area (Å²) >= 11 is 0. The standard InChI is InChI=1S/C24H30F3N3O5S2/c1-35-19-4-6-20(7-5-19)37(33,34)29-8-9-36(31,32)30-17-2-3-18(30)11-16(10-17)24(28)13-15-12-22(26)23(27)14-21(15)25/h4-7,12,14,16-18,24,29H,2-3,8-11,13,28H2,1H3/t17-,18-,24-/m1/s1. The van der Waals surface area contributed by atoms with Crippen molar-refractivity contribution >= 4 is 20.0 Å². The van der Waals surface area contributed by atoms with E-state index >= 15 is 0 Å². The molecule has 8 nitrogen and oxygen atoms in total. The number of hydrogen-bond donors (Lipinski definition) is 2. The molecule has 3 atom stereocenters. The molecule has 2 saturated heterocycles. The number of ether oxygens (including phenoxy) is 1. The third-order valence-corrected chi connectivity index (χ3v) is 10.6. The van der Waals surface area contributed by atoms with Crippen LogP contribution in [-0.4, -0.2) is 58.7 Å². The molecule has 2 fully saturated rings. The Hall–Kier alpha value is -2.19. The van der Waals surface area contributed by atoms with E-state index in [1.54, 1.807) is 0 Å². The zero-order valence-corrected chi connectivity index (χ0v) is 21.9. The average molecular weight is 562 g/mol. The van der Waals surface area contributed by atoms with Gasteiger partial charge in [-0.2, -0.15) is 4.31 Å². The summed E-state index contributed by atoms with van der Waals surface area (Å²) in [5.74, 6) is -3.30. The molecule has 0 saturated carbocycles. The first-order chi connectivity index (χ1) is 17.4. The van der Waals surface area contributed by atoms with E-state index < -0.39 is 49.3 Å². The van der Waals surface area contributed by atoms with Gasteiger partial charge in [0.2, 0.25) is 20.0 Å². The summed E-state index contributed by atoms with van der Waals surface area (Å²) < 4.78 is 101. The summed E-state index contributed by atoms with van der Waals surface area (Å²) in [7, 11) is -6.20. The molecule has 0 unspecified atom stereocenters. The van der Waals surface area contributed by atoms with Gasteiger partial charge in [-0.1, -0.05) is 0 Å². The van der Waals surface area contributed by atoms with Gasteiger partial charge in [0.1, 0.15) is 11.6 Å². The summed E-state index contributed by atoms with van der Waals surface area (Å²) in [5.41, 5.74) is 6.29. The number of fused-ring (bicyclic) bond motifs is 2. The van der Waals surface area contributed by atoms with Gasteiger partial charge in [0, 0.05) is 30.7 Å². The summed E-state index contributed by atoms with van der Waals surface area (Å²) in [6.07, 6.45) is 2.21. The number of nitrogens with zero attached hydrogens (tertiary/aromatic N) is 1. The Morgan fingerprint density at radius 2 is 1.59 bits per heavy atom. The van der Waals surface area contributed by atoms with E-state index in [2.05, 4.69) is 4.72 Å². The second-order valence-electron chi connectivity index (χ2n) is 9.56. The van der Waals surface area contributed by atoms with Crippen molar-refractivity contribution in [3.63, 3.8) is 0 Å². The Labute approximate surface area is 215 Å². The molecular formula is C24H30F3N3O5S2. The molecule has 0 radical (unpaired) electrons. The highest BCUT2D eigenvalue weighted by molar-refractivity contribution is 7.90. The number of nitrogens with two attached hydrogens (primary N) is 1. The van der Waals surface area contributed by atoms with Crippen LogP contribution in [0.15, 0.2) is 41.3 Å². The molecule has 204 valence electrons. The van der Waals surface area contributed by atoms with Crippen molar-refractivity contribution < 1.29 is 34.7 Å². The summed E-state index contributed by atoms with van der Waals surface area (Å²) in [5, 5.41) is 0. The minimum absolute atomic E-state index is 0.00181. The van der Waals surface area contributed by atoms with Crippen LogP contribution in [0.5, 0.6) is 5.75 Å². The molecule has 13 heteroatoms.